The summed E-state index contributed by atoms with van der Waals surface area (Å²) in [5.41, 5.74) is 6.03. The Bertz CT molecular complexity index is 1420. The van der Waals surface area contributed by atoms with Gasteiger partial charge in [-0.3, -0.25) is 4.79 Å². The molecule has 1 heterocycles. The van der Waals surface area contributed by atoms with E-state index in [1.807, 2.05) is 116 Å². The molecule has 4 aromatic carbocycles. The second-order valence-corrected chi connectivity index (χ2v) is 8.43. The molecule has 0 spiro atoms. The molecule has 4 heteroatoms. The fourth-order valence-corrected chi connectivity index (χ4v) is 4.48. The highest BCUT2D eigenvalue weighted by atomic mass is 16.5. The van der Waals surface area contributed by atoms with Gasteiger partial charge in [-0.05, 0) is 53.9 Å². The maximum Gasteiger partial charge on any atom is 0.253 e. The Morgan fingerprint density at radius 1 is 0.771 bits per heavy atom. The number of nitrogens with one attached hydrogen (secondary N) is 1. The normalized spacial score (nSPS) is 10.9. The summed E-state index contributed by atoms with van der Waals surface area (Å²) >= 11 is 0. The molecule has 0 fully saturated rings. The zero-order valence-corrected chi connectivity index (χ0v) is 19.7. The van der Waals surface area contributed by atoms with E-state index in [0.29, 0.717) is 5.56 Å². The number of fused-ring (bicyclic) bond motifs is 1. The first-order valence-corrected chi connectivity index (χ1v) is 11.6. The van der Waals surface area contributed by atoms with Crippen molar-refractivity contribution >= 4 is 16.8 Å². The van der Waals surface area contributed by atoms with Gasteiger partial charge in [0.1, 0.15) is 5.75 Å². The van der Waals surface area contributed by atoms with Crippen LogP contribution >= 0.6 is 0 Å². The van der Waals surface area contributed by atoms with Crippen molar-refractivity contribution in [1.82, 2.24) is 10.3 Å². The summed E-state index contributed by atoms with van der Waals surface area (Å²) in [5, 5.41) is 4.14. The lowest BCUT2D eigenvalue weighted by Gasteiger charge is -2.22. The van der Waals surface area contributed by atoms with Crippen LogP contribution in [0.1, 0.15) is 33.1 Å². The maximum absolute atomic E-state index is 14.0. The van der Waals surface area contributed by atoms with Gasteiger partial charge in [-0.1, -0.05) is 78.9 Å². The third-order valence-electron chi connectivity index (χ3n) is 6.27. The molecular weight excluding hydrogens is 432 g/mol. The molecule has 1 aromatic heterocycles. The van der Waals surface area contributed by atoms with Crippen molar-refractivity contribution in [1.29, 1.82) is 0 Å². The van der Waals surface area contributed by atoms with Crippen molar-refractivity contribution < 1.29 is 9.53 Å². The van der Waals surface area contributed by atoms with E-state index in [-0.39, 0.29) is 11.9 Å². The lowest BCUT2D eigenvalue weighted by Crippen LogP contribution is -2.30. The average Bonchev–Trinajstić information content (AvgIpc) is 2.92. The summed E-state index contributed by atoms with van der Waals surface area (Å²) in [4.78, 5) is 18.9. The Kier molecular flexibility index (Phi) is 6.27. The van der Waals surface area contributed by atoms with Gasteiger partial charge in [0.15, 0.2) is 0 Å². The lowest BCUT2D eigenvalue weighted by molar-refractivity contribution is 0.0944. The molecule has 5 rings (SSSR count). The van der Waals surface area contributed by atoms with Crippen LogP contribution in [-0.2, 0) is 0 Å². The molecule has 0 bridgehead atoms. The summed E-state index contributed by atoms with van der Waals surface area (Å²) in [6, 6.07) is 35.4. The number of benzene rings is 4. The van der Waals surface area contributed by atoms with E-state index in [9.17, 15) is 4.79 Å². The van der Waals surface area contributed by atoms with Crippen LogP contribution < -0.4 is 10.1 Å². The Balaban J connectivity index is 1.62. The van der Waals surface area contributed by atoms with Gasteiger partial charge in [0.05, 0.1) is 29.9 Å². The summed E-state index contributed by atoms with van der Waals surface area (Å²) in [7, 11) is 1.65. The average molecular weight is 459 g/mol. The molecule has 0 aliphatic carbocycles. The molecule has 0 saturated carbocycles. The molecule has 0 radical (unpaired) electrons. The molecule has 0 unspecified atom stereocenters. The number of para-hydroxylation sites is 1. The minimum absolute atomic E-state index is 0.131. The standard InChI is InChI=1S/C31H26N2O2/c1-21-28(31(34)33-30(22-11-5-3-6-12-22)23-13-7-4-8-14-23)26-15-9-10-16-27(26)32-29(21)24-17-19-25(35-2)20-18-24/h3-20,30H,1-2H3,(H,33,34). The van der Waals surface area contributed by atoms with E-state index < -0.39 is 0 Å². The smallest absolute Gasteiger partial charge is 0.253 e. The van der Waals surface area contributed by atoms with Crippen LogP contribution in [-0.4, -0.2) is 18.0 Å². The Morgan fingerprint density at radius 3 is 1.94 bits per heavy atom. The van der Waals surface area contributed by atoms with Crippen molar-refractivity contribution in [3.63, 3.8) is 0 Å². The fraction of sp³-hybridized carbons (Fsp3) is 0.0968. The molecule has 35 heavy (non-hydrogen) atoms. The predicted molar refractivity (Wildman–Crippen MR) is 141 cm³/mol. The molecule has 172 valence electrons. The van der Waals surface area contributed by atoms with Crippen molar-refractivity contribution in [2.45, 2.75) is 13.0 Å². The Hall–Kier alpha value is -4.44. The first-order valence-electron chi connectivity index (χ1n) is 11.6. The SMILES string of the molecule is COc1ccc(-c2nc3ccccc3c(C(=O)NC(c3ccccc3)c3ccccc3)c2C)cc1. The van der Waals surface area contributed by atoms with Crippen molar-refractivity contribution in [3.8, 4) is 17.0 Å². The number of carbonyl (C=O) groups is 1. The van der Waals surface area contributed by atoms with Crippen LogP contribution in [0.3, 0.4) is 0 Å². The largest absolute Gasteiger partial charge is 0.497 e. The van der Waals surface area contributed by atoms with Gasteiger partial charge in [0, 0.05) is 10.9 Å². The topological polar surface area (TPSA) is 51.2 Å². The van der Waals surface area contributed by atoms with E-state index >= 15 is 0 Å². The van der Waals surface area contributed by atoms with Gasteiger partial charge < -0.3 is 10.1 Å². The minimum atomic E-state index is -0.277. The van der Waals surface area contributed by atoms with Gasteiger partial charge >= 0.3 is 0 Å². The van der Waals surface area contributed by atoms with Crippen LogP contribution in [0.25, 0.3) is 22.2 Å². The number of pyridine rings is 1. The molecule has 0 atom stereocenters. The molecular formula is C31H26N2O2. The van der Waals surface area contributed by atoms with Gasteiger partial charge in [0.25, 0.3) is 5.91 Å². The van der Waals surface area contributed by atoms with Crippen molar-refractivity contribution in [3.05, 3.63) is 131 Å². The maximum atomic E-state index is 14.0. The van der Waals surface area contributed by atoms with Crippen LogP contribution in [0.5, 0.6) is 5.75 Å². The molecule has 0 saturated heterocycles. The number of carbonyl (C=O) groups excluding carboxylic acids is 1. The lowest BCUT2D eigenvalue weighted by atomic mass is 9.95. The number of amides is 1. The second kappa shape index (κ2) is 9.82. The minimum Gasteiger partial charge on any atom is -0.497 e. The molecule has 0 aliphatic rings. The molecule has 1 N–H and O–H groups in total. The number of nitrogens with zero attached hydrogens (tertiary/aromatic N) is 1. The quantitative estimate of drug-likeness (QED) is 0.307. The predicted octanol–water partition coefficient (Wildman–Crippen LogP) is 6.74. The van der Waals surface area contributed by atoms with Crippen LogP contribution in [0.4, 0.5) is 0 Å². The van der Waals surface area contributed by atoms with Crippen LogP contribution in [0, 0.1) is 6.92 Å². The van der Waals surface area contributed by atoms with Gasteiger partial charge in [-0.2, -0.15) is 0 Å². The van der Waals surface area contributed by atoms with Crippen molar-refractivity contribution in [2.75, 3.05) is 7.11 Å². The number of methoxy groups -OCH3 is 1. The van der Waals surface area contributed by atoms with Crippen molar-refractivity contribution in [2.24, 2.45) is 0 Å². The summed E-state index contributed by atoms with van der Waals surface area (Å²) in [5.74, 6) is 0.646. The third kappa shape index (κ3) is 4.51. The molecule has 1 amide bonds. The summed E-state index contributed by atoms with van der Waals surface area (Å²) in [6.07, 6.45) is 0. The summed E-state index contributed by atoms with van der Waals surface area (Å²) in [6.45, 7) is 1.97. The first kappa shape index (κ1) is 22.4. The molecule has 0 aliphatic heterocycles. The van der Waals surface area contributed by atoms with Gasteiger partial charge in [-0.25, -0.2) is 4.98 Å². The zero-order chi connectivity index (χ0) is 24.2. The van der Waals surface area contributed by atoms with E-state index in [1.54, 1.807) is 7.11 Å². The number of aromatic nitrogens is 1. The summed E-state index contributed by atoms with van der Waals surface area (Å²) < 4.78 is 5.31. The van der Waals surface area contributed by atoms with Crippen LogP contribution in [0.2, 0.25) is 0 Å². The monoisotopic (exact) mass is 458 g/mol. The first-order chi connectivity index (χ1) is 17.2. The molecule has 4 nitrogen and oxygen atoms in total. The Labute approximate surface area is 205 Å². The number of rotatable bonds is 6. The zero-order valence-electron chi connectivity index (χ0n) is 19.7. The number of hydrogen-bond acceptors (Lipinski definition) is 3. The van der Waals surface area contributed by atoms with Crippen LogP contribution in [0.15, 0.2) is 109 Å². The van der Waals surface area contributed by atoms with Gasteiger partial charge in [0.2, 0.25) is 0 Å². The fourth-order valence-electron chi connectivity index (χ4n) is 4.48. The highest BCUT2D eigenvalue weighted by molar-refractivity contribution is 6.09. The van der Waals surface area contributed by atoms with E-state index in [4.69, 9.17) is 9.72 Å². The number of ether oxygens (including phenoxy) is 1. The van der Waals surface area contributed by atoms with E-state index in [1.165, 1.54) is 0 Å². The number of hydrogen-bond donors (Lipinski definition) is 1. The third-order valence-corrected chi connectivity index (χ3v) is 6.27. The highest BCUT2D eigenvalue weighted by Gasteiger charge is 2.23. The molecule has 5 aromatic rings. The highest BCUT2D eigenvalue weighted by Crippen LogP contribution is 2.31. The second-order valence-electron chi connectivity index (χ2n) is 8.43. The van der Waals surface area contributed by atoms with E-state index in [2.05, 4.69) is 5.32 Å². The van der Waals surface area contributed by atoms with Gasteiger partial charge in [-0.15, -0.1) is 0 Å². The van der Waals surface area contributed by atoms with E-state index in [0.717, 1.165) is 44.6 Å². The Morgan fingerprint density at radius 2 is 1.34 bits per heavy atom.